The van der Waals surface area contributed by atoms with E-state index in [1.807, 2.05) is 12.1 Å². The molecule has 0 fully saturated rings. The molecule has 1 aliphatic rings. The minimum absolute atomic E-state index is 0.0553. The van der Waals surface area contributed by atoms with Crippen LogP contribution in [0.1, 0.15) is 18.4 Å². The summed E-state index contributed by atoms with van der Waals surface area (Å²) in [6.45, 7) is 2.05. The highest BCUT2D eigenvalue weighted by Gasteiger charge is 2.36. The number of halogens is 2. The van der Waals surface area contributed by atoms with Crippen LogP contribution in [0.15, 0.2) is 74.9 Å². The van der Waals surface area contributed by atoms with Gasteiger partial charge in [0.25, 0.3) is 0 Å². The van der Waals surface area contributed by atoms with Gasteiger partial charge in [-0.3, -0.25) is 4.79 Å². The Hall–Kier alpha value is -2.77. The first-order valence-corrected chi connectivity index (χ1v) is 12.7. The summed E-state index contributed by atoms with van der Waals surface area (Å²) < 4.78 is 11.2. The summed E-state index contributed by atoms with van der Waals surface area (Å²) in [4.78, 5) is 25.6. The maximum Gasteiger partial charge on any atom is 0.336 e. The normalized spacial score (nSPS) is 15.3. The van der Waals surface area contributed by atoms with Gasteiger partial charge in [-0.25, -0.2) is 4.79 Å². The summed E-state index contributed by atoms with van der Waals surface area (Å²) in [5.74, 6) is -1.49. The smallest absolute Gasteiger partial charge is 0.336 e. The average molecular weight is 577 g/mol. The number of benzene rings is 2. The summed E-state index contributed by atoms with van der Waals surface area (Å²) in [5.41, 5.74) is 2.35. The van der Waals surface area contributed by atoms with Gasteiger partial charge < -0.3 is 20.1 Å². The molecule has 182 valence electrons. The largest absolute Gasteiger partial charge is 0.460 e. The van der Waals surface area contributed by atoms with E-state index in [2.05, 4.69) is 32.6 Å². The lowest BCUT2D eigenvalue weighted by molar-refractivity contribution is -0.140. The van der Waals surface area contributed by atoms with Gasteiger partial charge in [0.15, 0.2) is 0 Å². The van der Waals surface area contributed by atoms with E-state index < -0.39 is 11.9 Å². The molecule has 1 amide bonds. The number of nitriles is 1. The SMILES string of the molecule is COCCOC(=O)C1=C(C)NC(SCC(=O)Nc2ccc(Br)cc2)=C(C#N)C1c1ccccc1Cl. The second-order valence-electron chi connectivity index (χ2n) is 7.45. The first kappa shape index (κ1) is 26.8. The van der Waals surface area contributed by atoms with Gasteiger partial charge in [0.2, 0.25) is 5.91 Å². The number of carbonyl (C=O) groups excluding carboxylic acids is 2. The van der Waals surface area contributed by atoms with Crippen molar-refractivity contribution in [2.24, 2.45) is 0 Å². The molecule has 0 saturated carbocycles. The Morgan fingerprint density at radius 3 is 2.57 bits per heavy atom. The molecule has 1 atom stereocenters. The van der Waals surface area contributed by atoms with E-state index in [9.17, 15) is 14.9 Å². The molecule has 7 nitrogen and oxygen atoms in total. The number of nitrogens with zero attached hydrogens (tertiary/aromatic N) is 1. The van der Waals surface area contributed by atoms with Crippen molar-refractivity contribution in [3.63, 3.8) is 0 Å². The molecule has 10 heteroatoms. The second kappa shape index (κ2) is 12.8. The number of rotatable bonds is 9. The first-order chi connectivity index (χ1) is 16.8. The van der Waals surface area contributed by atoms with Crippen LogP contribution in [0.25, 0.3) is 0 Å². The summed E-state index contributed by atoms with van der Waals surface area (Å²) in [6.07, 6.45) is 0. The molecule has 1 heterocycles. The molecule has 2 N–H and O–H groups in total. The third kappa shape index (κ3) is 6.89. The number of esters is 1. The van der Waals surface area contributed by atoms with Crippen molar-refractivity contribution >= 4 is 56.9 Å². The summed E-state index contributed by atoms with van der Waals surface area (Å²) >= 11 is 11.0. The molecule has 0 radical (unpaired) electrons. The van der Waals surface area contributed by atoms with Crippen molar-refractivity contribution in [1.82, 2.24) is 5.32 Å². The van der Waals surface area contributed by atoms with Gasteiger partial charge in [0, 0.05) is 28.0 Å². The Balaban J connectivity index is 1.88. The van der Waals surface area contributed by atoms with Gasteiger partial charge in [-0.15, -0.1) is 0 Å². The van der Waals surface area contributed by atoms with E-state index in [0.717, 1.165) is 4.47 Å². The van der Waals surface area contributed by atoms with Crippen molar-refractivity contribution in [2.75, 3.05) is 31.4 Å². The van der Waals surface area contributed by atoms with Crippen LogP contribution in [0.3, 0.4) is 0 Å². The summed E-state index contributed by atoms with van der Waals surface area (Å²) in [7, 11) is 1.51. The number of amides is 1. The molecule has 0 spiro atoms. The Morgan fingerprint density at radius 2 is 1.91 bits per heavy atom. The van der Waals surface area contributed by atoms with Crippen LogP contribution in [0, 0.1) is 11.3 Å². The predicted molar refractivity (Wildman–Crippen MR) is 141 cm³/mol. The van der Waals surface area contributed by atoms with Crippen LogP contribution in [-0.2, 0) is 19.1 Å². The third-order valence-electron chi connectivity index (χ3n) is 5.08. The number of dihydropyridines is 1. The maximum absolute atomic E-state index is 13.0. The van der Waals surface area contributed by atoms with Crippen molar-refractivity contribution in [3.8, 4) is 6.07 Å². The molecular weight excluding hydrogens is 554 g/mol. The van der Waals surface area contributed by atoms with Crippen molar-refractivity contribution in [3.05, 3.63) is 85.5 Å². The number of thioether (sulfide) groups is 1. The number of carbonyl (C=O) groups is 2. The van der Waals surface area contributed by atoms with Gasteiger partial charge in [-0.2, -0.15) is 5.26 Å². The topological polar surface area (TPSA) is 100 Å². The number of ether oxygens (including phenoxy) is 2. The van der Waals surface area contributed by atoms with Crippen molar-refractivity contribution in [1.29, 1.82) is 5.26 Å². The highest BCUT2D eigenvalue weighted by atomic mass is 79.9. The number of nitrogens with one attached hydrogen (secondary N) is 2. The van der Waals surface area contributed by atoms with Crippen LogP contribution >= 0.6 is 39.3 Å². The Labute approximate surface area is 221 Å². The standard InChI is InChI=1S/C25H23BrClN3O4S/c1-15-22(25(32)34-12-11-33-2)23(18-5-3-4-6-20(18)27)19(13-28)24(29-15)35-14-21(31)30-17-9-7-16(26)8-10-17/h3-10,23,29H,11-12,14H2,1-2H3,(H,30,31). The van der Waals surface area contributed by atoms with Gasteiger partial charge in [0.1, 0.15) is 6.61 Å². The molecule has 0 aromatic heterocycles. The van der Waals surface area contributed by atoms with E-state index >= 15 is 0 Å². The van der Waals surface area contributed by atoms with Gasteiger partial charge >= 0.3 is 5.97 Å². The quantitative estimate of drug-likeness (QED) is 0.306. The lowest BCUT2D eigenvalue weighted by Crippen LogP contribution is -2.30. The molecule has 1 aliphatic heterocycles. The van der Waals surface area contributed by atoms with Crippen LogP contribution in [0.2, 0.25) is 5.02 Å². The molecule has 0 aliphatic carbocycles. The van der Waals surface area contributed by atoms with Gasteiger partial charge in [0.05, 0.1) is 40.5 Å². The number of anilines is 1. The Morgan fingerprint density at radius 1 is 1.20 bits per heavy atom. The molecule has 2 aromatic carbocycles. The minimum Gasteiger partial charge on any atom is -0.460 e. The van der Waals surface area contributed by atoms with Gasteiger partial charge in [-0.1, -0.05) is 57.5 Å². The van der Waals surface area contributed by atoms with Crippen molar-refractivity contribution < 1.29 is 19.1 Å². The van der Waals surface area contributed by atoms with E-state index in [4.69, 9.17) is 21.1 Å². The highest BCUT2D eigenvalue weighted by Crippen LogP contribution is 2.43. The zero-order chi connectivity index (χ0) is 25.4. The minimum atomic E-state index is -0.748. The van der Waals surface area contributed by atoms with Crippen LogP contribution in [0.5, 0.6) is 0 Å². The molecule has 0 saturated heterocycles. The third-order valence-corrected chi connectivity index (χ3v) is 6.97. The lowest BCUT2D eigenvalue weighted by Gasteiger charge is -2.29. The Bertz CT molecular complexity index is 1210. The van der Waals surface area contributed by atoms with Crippen LogP contribution < -0.4 is 10.6 Å². The molecule has 1 unspecified atom stereocenters. The first-order valence-electron chi connectivity index (χ1n) is 10.6. The number of methoxy groups -OCH3 is 1. The summed E-state index contributed by atoms with van der Waals surface area (Å²) in [5, 5.41) is 17.0. The van der Waals surface area contributed by atoms with E-state index in [0.29, 0.717) is 27.0 Å². The number of hydrogen-bond acceptors (Lipinski definition) is 7. The highest BCUT2D eigenvalue weighted by molar-refractivity contribution is 9.10. The van der Waals surface area contributed by atoms with E-state index in [-0.39, 0.29) is 36.0 Å². The zero-order valence-electron chi connectivity index (χ0n) is 19.1. The summed E-state index contributed by atoms with van der Waals surface area (Å²) in [6, 6.07) is 16.5. The van der Waals surface area contributed by atoms with Crippen LogP contribution in [0.4, 0.5) is 5.69 Å². The molecule has 3 rings (SSSR count). The van der Waals surface area contributed by atoms with E-state index in [1.54, 1.807) is 43.3 Å². The fourth-order valence-corrected chi connectivity index (χ4v) is 4.88. The zero-order valence-corrected chi connectivity index (χ0v) is 22.2. The monoisotopic (exact) mass is 575 g/mol. The van der Waals surface area contributed by atoms with Crippen LogP contribution in [-0.4, -0.2) is 38.0 Å². The molecule has 2 aromatic rings. The Kier molecular flexibility index (Phi) is 9.81. The second-order valence-corrected chi connectivity index (χ2v) is 9.75. The number of hydrogen-bond donors (Lipinski definition) is 2. The molecular formula is C25H23BrClN3O4S. The lowest BCUT2D eigenvalue weighted by atomic mass is 9.82. The fourth-order valence-electron chi connectivity index (χ4n) is 3.48. The van der Waals surface area contributed by atoms with Gasteiger partial charge in [-0.05, 0) is 42.8 Å². The fraction of sp³-hybridized carbons (Fsp3) is 0.240. The predicted octanol–water partition coefficient (Wildman–Crippen LogP) is 5.36. The van der Waals surface area contributed by atoms with E-state index in [1.165, 1.54) is 18.9 Å². The van der Waals surface area contributed by atoms with Crippen molar-refractivity contribution in [2.45, 2.75) is 12.8 Å². The number of allylic oxidation sites excluding steroid dienone is 2. The average Bonchev–Trinajstić information content (AvgIpc) is 2.84. The molecule has 0 bridgehead atoms. The maximum atomic E-state index is 13.0. The molecule has 35 heavy (non-hydrogen) atoms.